The highest BCUT2D eigenvalue weighted by Crippen LogP contribution is 2.01. The first kappa shape index (κ1) is 13.1. The summed E-state index contributed by atoms with van der Waals surface area (Å²) in [5, 5.41) is 18.2. The van der Waals surface area contributed by atoms with Crippen LogP contribution < -0.4 is 0 Å². The predicted octanol–water partition coefficient (Wildman–Crippen LogP) is 1.17. The van der Waals surface area contributed by atoms with Crippen molar-refractivity contribution < 1.29 is 10.2 Å². The van der Waals surface area contributed by atoms with Gasteiger partial charge < -0.3 is 10.2 Å². The van der Waals surface area contributed by atoms with Gasteiger partial charge in [0.25, 0.3) is 0 Å². The van der Waals surface area contributed by atoms with Crippen LogP contribution >= 0.6 is 0 Å². The molecule has 0 rings (SSSR count). The number of aliphatic hydroxyl groups is 2. The molecule has 0 atom stereocenters. The van der Waals surface area contributed by atoms with Crippen molar-refractivity contribution in [1.29, 1.82) is 0 Å². The molecule has 2 N–H and O–H groups in total. The zero-order valence-corrected chi connectivity index (χ0v) is 6.89. The molecule has 0 fully saturated rings. The van der Waals surface area contributed by atoms with Crippen molar-refractivity contribution in [2.45, 2.75) is 46.3 Å². The highest BCUT2D eigenvalue weighted by molar-refractivity contribution is 5.16. The van der Waals surface area contributed by atoms with Gasteiger partial charge in [0.15, 0.2) is 0 Å². The van der Waals surface area contributed by atoms with E-state index in [2.05, 4.69) is 11.8 Å². The second kappa shape index (κ2) is 3.75. The number of hydrogen-bond acceptors (Lipinski definition) is 2. The maximum Gasteiger partial charge on any atom is 0.120 e. The molecule has 0 radical (unpaired) electrons. The van der Waals surface area contributed by atoms with E-state index in [0.717, 1.165) is 0 Å². The summed E-state index contributed by atoms with van der Waals surface area (Å²) >= 11 is 0. The molecule has 0 amide bonds. The molecule has 2 heteroatoms. The molecular formula is C9H18O2. The minimum absolute atomic E-state index is 0. The fourth-order valence-corrected chi connectivity index (χ4v) is 0.306. The Bertz CT molecular complexity index is 141. The largest absolute Gasteiger partial charge is 0.378 e. The van der Waals surface area contributed by atoms with Crippen molar-refractivity contribution in [3.8, 4) is 11.8 Å². The summed E-state index contributed by atoms with van der Waals surface area (Å²) in [5.41, 5.74) is -2.03. The van der Waals surface area contributed by atoms with Crippen LogP contribution in [0, 0.1) is 11.8 Å². The molecule has 0 aliphatic rings. The second-order valence-corrected chi connectivity index (χ2v) is 3.37. The molecule has 0 heterocycles. The smallest absolute Gasteiger partial charge is 0.120 e. The summed E-state index contributed by atoms with van der Waals surface area (Å²) in [4.78, 5) is 0. The van der Waals surface area contributed by atoms with Gasteiger partial charge in [-0.3, -0.25) is 0 Å². The van der Waals surface area contributed by atoms with E-state index in [4.69, 9.17) is 10.2 Å². The van der Waals surface area contributed by atoms with Crippen LogP contribution in [0.4, 0.5) is 0 Å². The van der Waals surface area contributed by atoms with Crippen molar-refractivity contribution in [2.75, 3.05) is 0 Å². The van der Waals surface area contributed by atoms with E-state index in [-0.39, 0.29) is 7.43 Å². The highest BCUT2D eigenvalue weighted by Gasteiger charge is 2.10. The number of rotatable bonds is 0. The van der Waals surface area contributed by atoms with E-state index >= 15 is 0 Å². The third-order valence-corrected chi connectivity index (χ3v) is 0.674. The van der Waals surface area contributed by atoms with Crippen LogP contribution in [0.15, 0.2) is 0 Å². The monoisotopic (exact) mass is 158 g/mol. The van der Waals surface area contributed by atoms with Crippen LogP contribution in [-0.2, 0) is 0 Å². The van der Waals surface area contributed by atoms with Crippen LogP contribution in [0.3, 0.4) is 0 Å². The minimum Gasteiger partial charge on any atom is -0.378 e. The average molecular weight is 158 g/mol. The fraction of sp³-hybridized carbons (Fsp3) is 0.778. The van der Waals surface area contributed by atoms with E-state index < -0.39 is 11.2 Å². The fourth-order valence-electron chi connectivity index (χ4n) is 0.306. The quantitative estimate of drug-likeness (QED) is 0.519. The molecule has 66 valence electrons. The van der Waals surface area contributed by atoms with Crippen molar-refractivity contribution >= 4 is 0 Å². The van der Waals surface area contributed by atoms with Gasteiger partial charge in [0.1, 0.15) is 11.2 Å². The van der Waals surface area contributed by atoms with Gasteiger partial charge in [-0.2, -0.15) is 0 Å². The first-order valence-corrected chi connectivity index (χ1v) is 3.20. The van der Waals surface area contributed by atoms with E-state index in [0.29, 0.717) is 0 Å². The lowest BCUT2D eigenvalue weighted by Crippen LogP contribution is -2.20. The summed E-state index contributed by atoms with van der Waals surface area (Å²) in [6.45, 7) is 6.30. The first-order chi connectivity index (χ1) is 4.21. The van der Waals surface area contributed by atoms with E-state index in [1.807, 2.05) is 0 Å². The number of hydrogen-bond donors (Lipinski definition) is 2. The Morgan fingerprint density at radius 2 is 1.00 bits per heavy atom. The van der Waals surface area contributed by atoms with Gasteiger partial charge in [0.05, 0.1) is 0 Å². The highest BCUT2D eigenvalue weighted by atomic mass is 16.3. The average Bonchev–Trinajstić information content (AvgIpc) is 1.57. The van der Waals surface area contributed by atoms with Gasteiger partial charge >= 0.3 is 0 Å². The maximum atomic E-state index is 9.10. The Balaban J connectivity index is 0. The molecule has 0 saturated heterocycles. The van der Waals surface area contributed by atoms with E-state index in [1.54, 1.807) is 27.7 Å². The Labute approximate surface area is 69.3 Å². The third-order valence-electron chi connectivity index (χ3n) is 0.674. The topological polar surface area (TPSA) is 40.5 Å². The molecule has 0 aromatic heterocycles. The second-order valence-electron chi connectivity index (χ2n) is 3.37. The Hall–Kier alpha value is -0.520. The van der Waals surface area contributed by atoms with Crippen molar-refractivity contribution in [3.05, 3.63) is 0 Å². The van der Waals surface area contributed by atoms with Gasteiger partial charge in [0, 0.05) is 0 Å². The van der Waals surface area contributed by atoms with Crippen LogP contribution in [-0.4, -0.2) is 21.4 Å². The van der Waals surface area contributed by atoms with Crippen molar-refractivity contribution in [2.24, 2.45) is 0 Å². The summed E-state index contributed by atoms with van der Waals surface area (Å²) in [7, 11) is 0. The Morgan fingerprint density at radius 1 is 0.818 bits per heavy atom. The van der Waals surface area contributed by atoms with E-state index in [9.17, 15) is 0 Å². The zero-order valence-electron chi connectivity index (χ0n) is 6.89. The molecule has 0 aliphatic carbocycles. The molecular weight excluding hydrogens is 140 g/mol. The summed E-state index contributed by atoms with van der Waals surface area (Å²) in [6, 6.07) is 0. The molecule has 0 bridgehead atoms. The van der Waals surface area contributed by atoms with Gasteiger partial charge in [-0.15, -0.1) is 0 Å². The molecule has 0 spiro atoms. The lowest BCUT2D eigenvalue weighted by atomic mass is 10.1. The zero-order chi connectivity index (χ0) is 8.41. The third kappa shape index (κ3) is 12.6. The standard InChI is InChI=1S/C8H14O2.CH4/c1-7(2,9)5-6-8(3,4)10;/h9-10H,1-4H3;1H4. The predicted molar refractivity (Wildman–Crippen MR) is 47.1 cm³/mol. The van der Waals surface area contributed by atoms with Gasteiger partial charge in [0.2, 0.25) is 0 Å². The van der Waals surface area contributed by atoms with E-state index in [1.165, 1.54) is 0 Å². The lowest BCUT2D eigenvalue weighted by Gasteiger charge is -2.10. The normalized spacial score (nSPS) is 11.1. The SMILES string of the molecule is C.CC(C)(O)C#CC(C)(C)O. The Kier molecular flexibility index (Phi) is 4.47. The molecule has 11 heavy (non-hydrogen) atoms. The summed E-state index contributed by atoms with van der Waals surface area (Å²) in [5.74, 6) is 5.03. The minimum atomic E-state index is -1.01. The van der Waals surface area contributed by atoms with Crippen LogP contribution in [0.1, 0.15) is 35.1 Å². The molecule has 0 aliphatic heterocycles. The van der Waals surface area contributed by atoms with Crippen LogP contribution in [0.2, 0.25) is 0 Å². The van der Waals surface area contributed by atoms with Crippen molar-refractivity contribution in [3.63, 3.8) is 0 Å². The summed E-state index contributed by atoms with van der Waals surface area (Å²) < 4.78 is 0. The lowest BCUT2D eigenvalue weighted by molar-refractivity contribution is 0.131. The van der Waals surface area contributed by atoms with Gasteiger partial charge in [-0.1, -0.05) is 19.3 Å². The van der Waals surface area contributed by atoms with Crippen LogP contribution in [0.5, 0.6) is 0 Å². The van der Waals surface area contributed by atoms with Gasteiger partial charge in [-0.25, -0.2) is 0 Å². The summed E-state index contributed by atoms with van der Waals surface area (Å²) in [6.07, 6.45) is 0. The molecule has 2 nitrogen and oxygen atoms in total. The maximum absolute atomic E-state index is 9.10. The van der Waals surface area contributed by atoms with Crippen molar-refractivity contribution in [1.82, 2.24) is 0 Å². The molecule has 0 aromatic carbocycles. The Morgan fingerprint density at radius 3 is 1.09 bits per heavy atom. The molecule has 0 unspecified atom stereocenters. The molecule has 0 saturated carbocycles. The molecule has 0 aromatic rings. The first-order valence-electron chi connectivity index (χ1n) is 3.20. The van der Waals surface area contributed by atoms with Gasteiger partial charge in [-0.05, 0) is 27.7 Å². The van der Waals surface area contributed by atoms with Crippen LogP contribution in [0.25, 0.3) is 0 Å².